The van der Waals surface area contributed by atoms with Gasteiger partial charge in [-0.25, -0.2) is 0 Å². The van der Waals surface area contributed by atoms with Gasteiger partial charge in [-0.3, -0.25) is 14.5 Å². The molecule has 0 aromatic heterocycles. The lowest BCUT2D eigenvalue weighted by Crippen LogP contribution is -2.49. The highest BCUT2D eigenvalue weighted by atomic mass is 16.2. The number of hydrogen-bond donors (Lipinski definition) is 1. The first kappa shape index (κ1) is 17.2. The van der Waals surface area contributed by atoms with E-state index in [4.69, 9.17) is 0 Å². The third-order valence-corrected chi connectivity index (χ3v) is 4.24. The standard InChI is InChI=1S/C16H30N2O2/c1-5-14-9-7-6-8-10-18(14)11-15(20)17-16(12(2)3)13(4)19/h12,14,16H,5-11H2,1-4H3,(H,17,20). The maximum Gasteiger partial charge on any atom is 0.234 e. The van der Waals surface area contributed by atoms with E-state index in [0.29, 0.717) is 12.6 Å². The van der Waals surface area contributed by atoms with Crippen molar-refractivity contribution in [3.05, 3.63) is 0 Å². The Balaban J connectivity index is 2.56. The molecule has 2 atom stereocenters. The summed E-state index contributed by atoms with van der Waals surface area (Å²) in [5.41, 5.74) is 0. The quantitative estimate of drug-likeness (QED) is 0.813. The normalized spacial score (nSPS) is 22.4. The van der Waals surface area contributed by atoms with Gasteiger partial charge in [0.15, 0.2) is 5.78 Å². The zero-order valence-corrected chi connectivity index (χ0v) is 13.4. The van der Waals surface area contributed by atoms with E-state index in [1.54, 1.807) is 6.92 Å². The Morgan fingerprint density at radius 2 is 1.95 bits per heavy atom. The van der Waals surface area contributed by atoms with Crippen LogP contribution in [0.3, 0.4) is 0 Å². The molecule has 20 heavy (non-hydrogen) atoms. The Kier molecular flexibility index (Phi) is 7.20. The number of nitrogens with zero attached hydrogens (tertiary/aromatic N) is 1. The lowest BCUT2D eigenvalue weighted by Gasteiger charge is -2.29. The van der Waals surface area contributed by atoms with Crippen LogP contribution in [-0.4, -0.2) is 41.8 Å². The number of amides is 1. The summed E-state index contributed by atoms with van der Waals surface area (Å²) in [6.45, 7) is 9.09. The van der Waals surface area contributed by atoms with Crippen LogP contribution in [0.25, 0.3) is 0 Å². The van der Waals surface area contributed by atoms with Crippen LogP contribution in [0.1, 0.15) is 59.8 Å². The molecule has 1 aliphatic rings. The summed E-state index contributed by atoms with van der Waals surface area (Å²) in [5, 5.41) is 2.90. The number of carbonyl (C=O) groups is 2. The van der Waals surface area contributed by atoms with Gasteiger partial charge in [0, 0.05) is 6.04 Å². The minimum Gasteiger partial charge on any atom is -0.345 e. The molecule has 0 bridgehead atoms. The van der Waals surface area contributed by atoms with Crippen LogP contribution in [0.4, 0.5) is 0 Å². The second kappa shape index (κ2) is 8.40. The van der Waals surface area contributed by atoms with E-state index in [0.717, 1.165) is 13.0 Å². The highest BCUT2D eigenvalue weighted by Gasteiger charge is 2.25. The summed E-state index contributed by atoms with van der Waals surface area (Å²) in [5.74, 6) is 0.165. The van der Waals surface area contributed by atoms with E-state index >= 15 is 0 Å². The van der Waals surface area contributed by atoms with Crippen LogP contribution in [0.5, 0.6) is 0 Å². The summed E-state index contributed by atoms with van der Waals surface area (Å²) in [4.78, 5) is 26.1. The summed E-state index contributed by atoms with van der Waals surface area (Å²) >= 11 is 0. The maximum absolute atomic E-state index is 12.2. The van der Waals surface area contributed by atoms with E-state index in [1.165, 1.54) is 25.7 Å². The number of rotatable bonds is 6. The lowest BCUT2D eigenvalue weighted by atomic mass is 10.0. The fourth-order valence-electron chi connectivity index (χ4n) is 3.05. The number of ketones is 1. The molecule has 0 saturated carbocycles. The van der Waals surface area contributed by atoms with Gasteiger partial charge < -0.3 is 5.32 Å². The number of carbonyl (C=O) groups excluding carboxylic acids is 2. The Morgan fingerprint density at radius 3 is 2.50 bits per heavy atom. The lowest BCUT2D eigenvalue weighted by molar-refractivity contribution is -0.128. The van der Waals surface area contributed by atoms with Crippen molar-refractivity contribution in [1.29, 1.82) is 0 Å². The monoisotopic (exact) mass is 282 g/mol. The molecule has 1 amide bonds. The van der Waals surface area contributed by atoms with Crippen LogP contribution in [0.2, 0.25) is 0 Å². The molecule has 1 fully saturated rings. The molecule has 4 heteroatoms. The van der Waals surface area contributed by atoms with Gasteiger partial charge in [0.1, 0.15) is 0 Å². The van der Waals surface area contributed by atoms with Gasteiger partial charge in [0.05, 0.1) is 12.6 Å². The number of likely N-dealkylation sites (tertiary alicyclic amines) is 1. The van der Waals surface area contributed by atoms with Gasteiger partial charge in [-0.05, 0) is 38.6 Å². The molecule has 1 saturated heterocycles. The molecule has 1 heterocycles. The summed E-state index contributed by atoms with van der Waals surface area (Å²) in [6.07, 6.45) is 5.97. The highest BCUT2D eigenvalue weighted by molar-refractivity contribution is 5.88. The number of Topliss-reactive ketones (excluding diaryl/α,β-unsaturated/α-hetero) is 1. The van der Waals surface area contributed by atoms with Crippen LogP contribution in [0, 0.1) is 5.92 Å². The molecule has 4 nitrogen and oxygen atoms in total. The molecular weight excluding hydrogens is 252 g/mol. The van der Waals surface area contributed by atoms with E-state index in [2.05, 4.69) is 17.1 Å². The molecule has 1 rings (SSSR count). The number of nitrogens with one attached hydrogen (secondary N) is 1. The first-order chi connectivity index (χ1) is 9.45. The molecule has 1 N–H and O–H groups in total. The predicted molar refractivity (Wildman–Crippen MR) is 81.6 cm³/mol. The van der Waals surface area contributed by atoms with Gasteiger partial charge in [0.25, 0.3) is 0 Å². The van der Waals surface area contributed by atoms with Crippen LogP contribution in [0.15, 0.2) is 0 Å². The maximum atomic E-state index is 12.2. The van der Waals surface area contributed by atoms with Gasteiger partial charge in [0.2, 0.25) is 5.91 Å². The topological polar surface area (TPSA) is 49.4 Å². The SMILES string of the molecule is CCC1CCCCCN1CC(=O)NC(C(C)=O)C(C)C. The minimum absolute atomic E-state index is 0.0146. The summed E-state index contributed by atoms with van der Waals surface area (Å²) in [7, 11) is 0. The average Bonchev–Trinajstić information content (AvgIpc) is 2.60. The molecule has 2 unspecified atom stereocenters. The summed E-state index contributed by atoms with van der Waals surface area (Å²) < 4.78 is 0. The Hall–Kier alpha value is -0.900. The van der Waals surface area contributed by atoms with E-state index in [1.807, 2.05) is 13.8 Å². The van der Waals surface area contributed by atoms with Crippen molar-refractivity contribution < 1.29 is 9.59 Å². The van der Waals surface area contributed by atoms with Crippen LogP contribution >= 0.6 is 0 Å². The fraction of sp³-hybridized carbons (Fsp3) is 0.875. The van der Waals surface area contributed by atoms with Crippen molar-refractivity contribution >= 4 is 11.7 Å². The van der Waals surface area contributed by atoms with Crippen molar-refractivity contribution in [3.63, 3.8) is 0 Å². The Morgan fingerprint density at radius 1 is 1.25 bits per heavy atom. The average molecular weight is 282 g/mol. The molecule has 0 radical (unpaired) electrons. The second-order valence-electron chi connectivity index (χ2n) is 6.28. The minimum atomic E-state index is -0.352. The molecule has 0 aliphatic carbocycles. The number of hydrogen-bond acceptors (Lipinski definition) is 3. The molecule has 0 aromatic carbocycles. The van der Waals surface area contributed by atoms with Crippen molar-refractivity contribution in [2.24, 2.45) is 5.92 Å². The zero-order chi connectivity index (χ0) is 15.1. The second-order valence-corrected chi connectivity index (χ2v) is 6.28. The fourth-order valence-corrected chi connectivity index (χ4v) is 3.05. The van der Waals surface area contributed by atoms with Crippen molar-refractivity contribution in [1.82, 2.24) is 10.2 Å². The van der Waals surface area contributed by atoms with E-state index in [-0.39, 0.29) is 23.7 Å². The zero-order valence-electron chi connectivity index (χ0n) is 13.4. The third-order valence-electron chi connectivity index (χ3n) is 4.24. The van der Waals surface area contributed by atoms with E-state index < -0.39 is 0 Å². The van der Waals surface area contributed by atoms with Crippen molar-refractivity contribution in [2.45, 2.75) is 71.9 Å². The first-order valence-electron chi connectivity index (χ1n) is 7.99. The van der Waals surface area contributed by atoms with Crippen molar-refractivity contribution in [3.8, 4) is 0 Å². The summed E-state index contributed by atoms with van der Waals surface area (Å²) in [6, 6.07) is 0.160. The largest absolute Gasteiger partial charge is 0.345 e. The Bertz CT molecular complexity index is 328. The van der Waals surface area contributed by atoms with Gasteiger partial charge >= 0.3 is 0 Å². The first-order valence-corrected chi connectivity index (χ1v) is 7.99. The molecule has 0 spiro atoms. The predicted octanol–water partition coefficient (Wildman–Crippen LogP) is 2.37. The molecule has 1 aliphatic heterocycles. The smallest absolute Gasteiger partial charge is 0.234 e. The van der Waals surface area contributed by atoms with Gasteiger partial charge in [-0.2, -0.15) is 0 Å². The molecular formula is C16H30N2O2. The highest BCUT2D eigenvalue weighted by Crippen LogP contribution is 2.18. The van der Waals surface area contributed by atoms with Crippen LogP contribution in [-0.2, 0) is 9.59 Å². The molecule has 0 aromatic rings. The van der Waals surface area contributed by atoms with Gasteiger partial charge in [-0.1, -0.05) is 33.6 Å². The third kappa shape index (κ3) is 5.23. The molecule has 116 valence electrons. The van der Waals surface area contributed by atoms with E-state index in [9.17, 15) is 9.59 Å². The van der Waals surface area contributed by atoms with Crippen molar-refractivity contribution in [2.75, 3.05) is 13.1 Å². The van der Waals surface area contributed by atoms with Crippen LogP contribution < -0.4 is 5.32 Å². The Labute approximate surface area is 123 Å². The van der Waals surface area contributed by atoms with Gasteiger partial charge in [-0.15, -0.1) is 0 Å².